The van der Waals surface area contributed by atoms with Gasteiger partial charge in [-0.05, 0) is 31.4 Å². The molecule has 3 nitrogen and oxygen atoms in total. The summed E-state index contributed by atoms with van der Waals surface area (Å²) in [6.45, 7) is 10.0. The van der Waals surface area contributed by atoms with Crippen LogP contribution in [0.5, 0.6) is 0 Å². The molecule has 0 amide bonds. The summed E-state index contributed by atoms with van der Waals surface area (Å²) in [6.07, 6.45) is 1.83. The number of nitrogens with two attached hydrogens (primary N) is 1. The van der Waals surface area contributed by atoms with Gasteiger partial charge in [0.2, 0.25) is 0 Å². The summed E-state index contributed by atoms with van der Waals surface area (Å²) in [7, 11) is 0. The predicted octanol–water partition coefficient (Wildman–Crippen LogP) is 1.85. The molecule has 3 heteroatoms. The third kappa shape index (κ3) is 3.03. The molecule has 90 valence electrons. The summed E-state index contributed by atoms with van der Waals surface area (Å²) >= 11 is 0. The Morgan fingerprint density at radius 2 is 2.19 bits per heavy atom. The highest BCUT2D eigenvalue weighted by atomic mass is 15.0. The van der Waals surface area contributed by atoms with Crippen LogP contribution in [0.1, 0.15) is 32.0 Å². The Morgan fingerprint density at radius 1 is 1.50 bits per heavy atom. The summed E-state index contributed by atoms with van der Waals surface area (Å²) in [5.74, 6) is 0.501. The molecule has 1 aromatic rings. The average molecular weight is 221 g/mol. The number of nitrogens with one attached hydrogen (secondary N) is 1. The average Bonchev–Trinajstić information content (AvgIpc) is 2.27. The SMILES string of the molecule is Cc1cccnc1CNC(C)(CN)C(C)C. The van der Waals surface area contributed by atoms with Crippen molar-refractivity contribution in [2.24, 2.45) is 11.7 Å². The smallest absolute Gasteiger partial charge is 0.0570 e. The number of rotatable bonds is 5. The molecule has 0 aliphatic carbocycles. The van der Waals surface area contributed by atoms with Crippen molar-refractivity contribution in [3.8, 4) is 0 Å². The van der Waals surface area contributed by atoms with E-state index in [4.69, 9.17) is 5.73 Å². The summed E-state index contributed by atoms with van der Waals surface area (Å²) in [5, 5.41) is 3.51. The van der Waals surface area contributed by atoms with Crippen molar-refractivity contribution in [1.82, 2.24) is 10.3 Å². The first-order valence-electron chi connectivity index (χ1n) is 5.85. The van der Waals surface area contributed by atoms with Gasteiger partial charge in [-0.1, -0.05) is 19.9 Å². The summed E-state index contributed by atoms with van der Waals surface area (Å²) in [4.78, 5) is 4.37. The standard InChI is InChI=1S/C13H23N3/c1-10(2)13(4,9-14)16-8-12-11(3)6-5-7-15-12/h5-7,10,16H,8-9,14H2,1-4H3. The van der Waals surface area contributed by atoms with Gasteiger partial charge >= 0.3 is 0 Å². The maximum Gasteiger partial charge on any atom is 0.0570 e. The Labute approximate surface area is 98.5 Å². The van der Waals surface area contributed by atoms with Crippen LogP contribution in [0.25, 0.3) is 0 Å². The molecular weight excluding hydrogens is 198 g/mol. The Hall–Kier alpha value is -0.930. The fraction of sp³-hybridized carbons (Fsp3) is 0.615. The predicted molar refractivity (Wildman–Crippen MR) is 68.1 cm³/mol. The van der Waals surface area contributed by atoms with E-state index < -0.39 is 0 Å². The van der Waals surface area contributed by atoms with E-state index in [2.05, 4.69) is 44.1 Å². The number of aromatic nitrogens is 1. The first-order chi connectivity index (χ1) is 7.49. The van der Waals surface area contributed by atoms with Crippen LogP contribution < -0.4 is 11.1 Å². The van der Waals surface area contributed by atoms with Crippen LogP contribution in [0.2, 0.25) is 0 Å². The van der Waals surface area contributed by atoms with E-state index in [9.17, 15) is 0 Å². The van der Waals surface area contributed by atoms with Gasteiger partial charge < -0.3 is 11.1 Å². The third-order valence-electron chi connectivity index (χ3n) is 3.48. The van der Waals surface area contributed by atoms with Gasteiger partial charge in [0.25, 0.3) is 0 Å². The second kappa shape index (κ2) is 5.41. The maximum atomic E-state index is 5.83. The van der Waals surface area contributed by atoms with E-state index in [1.165, 1.54) is 5.56 Å². The largest absolute Gasteiger partial charge is 0.329 e. The molecule has 0 fully saturated rings. The second-order valence-electron chi connectivity index (χ2n) is 4.90. The van der Waals surface area contributed by atoms with Gasteiger partial charge in [0.05, 0.1) is 5.69 Å². The Kier molecular flexibility index (Phi) is 4.44. The molecule has 0 bridgehead atoms. The molecule has 0 aliphatic rings. The van der Waals surface area contributed by atoms with Crippen LogP contribution in [0.4, 0.5) is 0 Å². The zero-order valence-electron chi connectivity index (χ0n) is 10.7. The van der Waals surface area contributed by atoms with Crippen LogP contribution in [0, 0.1) is 12.8 Å². The normalized spacial score (nSPS) is 15.1. The number of hydrogen-bond acceptors (Lipinski definition) is 3. The minimum atomic E-state index is -0.0238. The molecule has 1 unspecified atom stereocenters. The third-order valence-corrected chi connectivity index (χ3v) is 3.48. The minimum Gasteiger partial charge on any atom is -0.329 e. The van der Waals surface area contributed by atoms with E-state index in [1.54, 1.807) is 0 Å². The lowest BCUT2D eigenvalue weighted by Crippen LogP contribution is -2.52. The molecule has 0 saturated heterocycles. The summed E-state index contributed by atoms with van der Waals surface area (Å²) in [6, 6.07) is 4.04. The second-order valence-corrected chi connectivity index (χ2v) is 4.90. The van der Waals surface area contributed by atoms with E-state index in [-0.39, 0.29) is 5.54 Å². The Morgan fingerprint density at radius 3 is 2.69 bits per heavy atom. The van der Waals surface area contributed by atoms with E-state index in [0.29, 0.717) is 12.5 Å². The van der Waals surface area contributed by atoms with Crippen LogP contribution in [-0.2, 0) is 6.54 Å². The fourth-order valence-electron chi connectivity index (χ4n) is 1.50. The van der Waals surface area contributed by atoms with Crippen LogP contribution in [0.15, 0.2) is 18.3 Å². The molecule has 0 saturated carbocycles. The van der Waals surface area contributed by atoms with Crippen LogP contribution in [-0.4, -0.2) is 17.1 Å². The van der Waals surface area contributed by atoms with Gasteiger partial charge in [-0.2, -0.15) is 0 Å². The van der Waals surface area contributed by atoms with Crippen molar-refractivity contribution in [2.75, 3.05) is 6.54 Å². The molecule has 1 heterocycles. The zero-order chi connectivity index (χ0) is 12.2. The molecule has 1 rings (SSSR count). The topological polar surface area (TPSA) is 50.9 Å². The molecule has 0 aromatic carbocycles. The lowest BCUT2D eigenvalue weighted by molar-refractivity contribution is 0.266. The van der Waals surface area contributed by atoms with Gasteiger partial charge in [0.1, 0.15) is 0 Å². The minimum absolute atomic E-state index is 0.0238. The maximum absolute atomic E-state index is 5.83. The van der Waals surface area contributed by atoms with Crippen molar-refractivity contribution < 1.29 is 0 Å². The monoisotopic (exact) mass is 221 g/mol. The highest BCUT2D eigenvalue weighted by Crippen LogP contribution is 2.15. The molecule has 16 heavy (non-hydrogen) atoms. The molecule has 0 radical (unpaired) electrons. The van der Waals surface area contributed by atoms with Crippen molar-refractivity contribution in [2.45, 2.75) is 39.8 Å². The van der Waals surface area contributed by atoms with Gasteiger partial charge in [-0.15, -0.1) is 0 Å². The first kappa shape index (κ1) is 13.1. The summed E-state index contributed by atoms with van der Waals surface area (Å²) in [5.41, 5.74) is 8.12. The Balaban J connectivity index is 2.67. The zero-order valence-corrected chi connectivity index (χ0v) is 10.7. The van der Waals surface area contributed by atoms with Crippen molar-refractivity contribution in [1.29, 1.82) is 0 Å². The molecule has 0 aliphatic heterocycles. The van der Waals surface area contributed by atoms with Gasteiger partial charge in [0, 0.05) is 24.8 Å². The number of nitrogens with zero attached hydrogens (tertiary/aromatic N) is 1. The lowest BCUT2D eigenvalue weighted by Gasteiger charge is -2.33. The van der Waals surface area contributed by atoms with Gasteiger partial charge in [-0.3, -0.25) is 4.98 Å². The number of aryl methyl sites for hydroxylation is 1. The molecular formula is C13H23N3. The Bertz CT molecular complexity index is 336. The first-order valence-corrected chi connectivity index (χ1v) is 5.85. The molecule has 0 spiro atoms. The van der Waals surface area contributed by atoms with Crippen molar-refractivity contribution in [3.05, 3.63) is 29.6 Å². The molecule has 1 atom stereocenters. The van der Waals surface area contributed by atoms with E-state index in [1.807, 2.05) is 12.3 Å². The van der Waals surface area contributed by atoms with Crippen molar-refractivity contribution in [3.63, 3.8) is 0 Å². The highest BCUT2D eigenvalue weighted by molar-refractivity contribution is 5.17. The fourth-order valence-corrected chi connectivity index (χ4v) is 1.50. The number of hydrogen-bond donors (Lipinski definition) is 2. The van der Waals surface area contributed by atoms with E-state index in [0.717, 1.165) is 12.2 Å². The van der Waals surface area contributed by atoms with Gasteiger partial charge in [0.15, 0.2) is 0 Å². The quantitative estimate of drug-likeness (QED) is 0.798. The number of pyridine rings is 1. The summed E-state index contributed by atoms with van der Waals surface area (Å²) < 4.78 is 0. The van der Waals surface area contributed by atoms with Crippen LogP contribution in [0.3, 0.4) is 0 Å². The van der Waals surface area contributed by atoms with E-state index >= 15 is 0 Å². The van der Waals surface area contributed by atoms with Crippen LogP contribution >= 0.6 is 0 Å². The lowest BCUT2D eigenvalue weighted by atomic mass is 9.88. The van der Waals surface area contributed by atoms with Gasteiger partial charge in [-0.25, -0.2) is 0 Å². The highest BCUT2D eigenvalue weighted by Gasteiger charge is 2.25. The molecule has 1 aromatic heterocycles. The molecule has 3 N–H and O–H groups in total. The van der Waals surface area contributed by atoms with Crippen molar-refractivity contribution >= 4 is 0 Å².